The van der Waals surface area contributed by atoms with Gasteiger partial charge >= 0.3 is 5.97 Å². The van der Waals surface area contributed by atoms with Crippen molar-refractivity contribution in [1.29, 1.82) is 0 Å². The summed E-state index contributed by atoms with van der Waals surface area (Å²) in [5, 5.41) is 13.9. The molecule has 1 amide bonds. The lowest BCUT2D eigenvalue weighted by molar-refractivity contribution is -0.139. The third kappa shape index (κ3) is 4.59. The molecule has 1 rings (SSSR count). The molecular weight excluding hydrogens is 212 g/mol. The normalized spacial score (nSPS) is 21.7. The second-order valence-electron chi connectivity index (χ2n) is 3.88. The number of carbonyl (C=O) groups is 2. The highest BCUT2D eigenvalue weighted by atomic mass is 16.5. The van der Waals surface area contributed by atoms with E-state index < -0.39 is 12.0 Å². The fourth-order valence-electron chi connectivity index (χ4n) is 1.43. The van der Waals surface area contributed by atoms with Crippen molar-refractivity contribution in [3.05, 3.63) is 0 Å². The van der Waals surface area contributed by atoms with Crippen molar-refractivity contribution in [2.24, 2.45) is 0 Å². The van der Waals surface area contributed by atoms with E-state index in [0.29, 0.717) is 6.54 Å². The van der Waals surface area contributed by atoms with E-state index in [0.717, 1.165) is 19.4 Å². The smallest absolute Gasteiger partial charge is 0.320 e. The van der Waals surface area contributed by atoms with E-state index in [2.05, 4.69) is 10.6 Å². The van der Waals surface area contributed by atoms with Crippen LogP contribution in [0.5, 0.6) is 0 Å². The second-order valence-corrected chi connectivity index (χ2v) is 3.88. The monoisotopic (exact) mass is 230 g/mol. The number of hydrogen-bond donors (Lipinski definition) is 3. The van der Waals surface area contributed by atoms with Crippen molar-refractivity contribution < 1.29 is 19.4 Å². The molecular formula is C10H18N2O4. The minimum Gasteiger partial charge on any atom is -0.480 e. The standard InChI is InChI=1S/C10H18N2O4/c1-7(10(14)15)11-6-9(13)12-5-8-3-2-4-16-8/h7-8,11H,2-6H2,1H3,(H,12,13)(H,14,15)/t7-,8?/m0/s1. The van der Waals surface area contributed by atoms with E-state index in [1.165, 1.54) is 6.92 Å². The van der Waals surface area contributed by atoms with Crippen LogP contribution < -0.4 is 10.6 Å². The van der Waals surface area contributed by atoms with Crippen molar-refractivity contribution in [1.82, 2.24) is 10.6 Å². The fraction of sp³-hybridized carbons (Fsp3) is 0.800. The quantitative estimate of drug-likeness (QED) is 0.564. The van der Waals surface area contributed by atoms with Gasteiger partial charge in [-0.05, 0) is 19.8 Å². The molecule has 0 spiro atoms. The predicted molar refractivity (Wildman–Crippen MR) is 57.1 cm³/mol. The first kappa shape index (κ1) is 12.9. The van der Waals surface area contributed by atoms with Gasteiger partial charge in [0.2, 0.25) is 5.91 Å². The SMILES string of the molecule is C[C@H](NCC(=O)NCC1CCCO1)C(=O)O. The van der Waals surface area contributed by atoms with Gasteiger partial charge in [0.25, 0.3) is 0 Å². The molecule has 0 aromatic heterocycles. The Morgan fingerprint density at radius 3 is 2.88 bits per heavy atom. The topological polar surface area (TPSA) is 87.7 Å². The van der Waals surface area contributed by atoms with E-state index in [1.807, 2.05) is 0 Å². The molecule has 92 valence electrons. The number of ether oxygens (including phenoxy) is 1. The van der Waals surface area contributed by atoms with E-state index in [4.69, 9.17) is 9.84 Å². The van der Waals surface area contributed by atoms with Gasteiger partial charge < -0.3 is 15.2 Å². The van der Waals surface area contributed by atoms with Crippen LogP contribution in [0.3, 0.4) is 0 Å². The van der Waals surface area contributed by atoms with Gasteiger partial charge in [-0.3, -0.25) is 14.9 Å². The van der Waals surface area contributed by atoms with Crippen molar-refractivity contribution >= 4 is 11.9 Å². The van der Waals surface area contributed by atoms with Crippen LogP contribution in [0.25, 0.3) is 0 Å². The number of rotatable bonds is 6. The summed E-state index contributed by atoms with van der Waals surface area (Å²) in [4.78, 5) is 21.8. The van der Waals surface area contributed by atoms with Gasteiger partial charge in [-0.2, -0.15) is 0 Å². The lowest BCUT2D eigenvalue weighted by Crippen LogP contribution is -2.43. The second kappa shape index (κ2) is 6.44. The largest absolute Gasteiger partial charge is 0.480 e. The molecule has 0 aliphatic carbocycles. The summed E-state index contributed by atoms with van der Waals surface area (Å²) in [5.74, 6) is -1.17. The molecule has 6 nitrogen and oxygen atoms in total. The van der Waals surface area contributed by atoms with Crippen LogP contribution in [0.1, 0.15) is 19.8 Å². The lowest BCUT2D eigenvalue weighted by atomic mass is 10.2. The van der Waals surface area contributed by atoms with Crippen LogP contribution in [0.15, 0.2) is 0 Å². The summed E-state index contributed by atoms with van der Waals surface area (Å²) < 4.78 is 5.34. The summed E-state index contributed by atoms with van der Waals surface area (Å²) in [5.41, 5.74) is 0. The molecule has 0 bridgehead atoms. The average molecular weight is 230 g/mol. The highest BCUT2D eigenvalue weighted by molar-refractivity contribution is 5.79. The van der Waals surface area contributed by atoms with Gasteiger partial charge in [0.1, 0.15) is 6.04 Å². The third-order valence-electron chi connectivity index (χ3n) is 2.49. The summed E-state index contributed by atoms with van der Waals surface area (Å²) >= 11 is 0. The van der Waals surface area contributed by atoms with Crippen molar-refractivity contribution in [3.63, 3.8) is 0 Å². The van der Waals surface area contributed by atoms with Crippen LogP contribution in [0, 0.1) is 0 Å². The van der Waals surface area contributed by atoms with E-state index in [-0.39, 0.29) is 18.6 Å². The van der Waals surface area contributed by atoms with Gasteiger partial charge in [0.15, 0.2) is 0 Å². The molecule has 1 fully saturated rings. The highest BCUT2D eigenvalue weighted by Gasteiger charge is 2.16. The van der Waals surface area contributed by atoms with Crippen LogP contribution in [-0.2, 0) is 14.3 Å². The summed E-state index contributed by atoms with van der Waals surface area (Å²) in [6.45, 7) is 2.77. The van der Waals surface area contributed by atoms with E-state index in [9.17, 15) is 9.59 Å². The molecule has 0 aromatic carbocycles. The average Bonchev–Trinajstić information content (AvgIpc) is 2.75. The van der Waals surface area contributed by atoms with E-state index >= 15 is 0 Å². The van der Waals surface area contributed by atoms with Crippen molar-refractivity contribution in [2.75, 3.05) is 19.7 Å². The molecule has 0 saturated carbocycles. The number of amides is 1. The van der Waals surface area contributed by atoms with Crippen molar-refractivity contribution in [2.45, 2.75) is 31.9 Å². The first-order valence-electron chi connectivity index (χ1n) is 5.44. The number of nitrogens with one attached hydrogen (secondary N) is 2. The molecule has 16 heavy (non-hydrogen) atoms. The van der Waals surface area contributed by atoms with Crippen LogP contribution in [0.4, 0.5) is 0 Å². The van der Waals surface area contributed by atoms with Gasteiger partial charge in [-0.1, -0.05) is 0 Å². The maximum Gasteiger partial charge on any atom is 0.320 e. The third-order valence-corrected chi connectivity index (χ3v) is 2.49. The van der Waals surface area contributed by atoms with Gasteiger partial charge in [0, 0.05) is 13.2 Å². The van der Waals surface area contributed by atoms with E-state index in [1.54, 1.807) is 0 Å². The Bertz CT molecular complexity index is 251. The minimum atomic E-state index is -0.966. The Balaban J connectivity index is 2.08. The summed E-state index contributed by atoms with van der Waals surface area (Å²) in [6, 6.07) is -0.714. The molecule has 0 radical (unpaired) electrons. The zero-order chi connectivity index (χ0) is 12.0. The Morgan fingerprint density at radius 2 is 2.31 bits per heavy atom. The molecule has 2 atom stereocenters. The Hall–Kier alpha value is -1.14. The minimum absolute atomic E-state index is 0.0141. The maximum absolute atomic E-state index is 11.3. The molecule has 1 aliphatic heterocycles. The first-order chi connectivity index (χ1) is 7.59. The zero-order valence-corrected chi connectivity index (χ0v) is 9.36. The molecule has 1 aliphatic rings. The van der Waals surface area contributed by atoms with Crippen LogP contribution in [0.2, 0.25) is 0 Å². The number of hydrogen-bond acceptors (Lipinski definition) is 4. The van der Waals surface area contributed by atoms with Gasteiger partial charge in [-0.15, -0.1) is 0 Å². The lowest BCUT2D eigenvalue weighted by Gasteiger charge is -2.12. The zero-order valence-electron chi connectivity index (χ0n) is 9.36. The van der Waals surface area contributed by atoms with Gasteiger partial charge in [-0.25, -0.2) is 0 Å². The molecule has 0 aromatic rings. The Morgan fingerprint density at radius 1 is 1.56 bits per heavy atom. The van der Waals surface area contributed by atoms with Crippen molar-refractivity contribution in [3.8, 4) is 0 Å². The summed E-state index contributed by atoms with van der Waals surface area (Å²) in [6.07, 6.45) is 2.12. The highest BCUT2D eigenvalue weighted by Crippen LogP contribution is 2.10. The number of carbonyl (C=O) groups excluding carboxylic acids is 1. The molecule has 6 heteroatoms. The molecule has 1 saturated heterocycles. The molecule has 1 unspecified atom stereocenters. The summed E-state index contributed by atoms with van der Waals surface area (Å²) in [7, 11) is 0. The Labute approximate surface area is 94.3 Å². The van der Waals surface area contributed by atoms with Crippen LogP contribution in [-0.4, -0.2) is 48.8 Å². The number of carboxylic acids is 1. The fourth-order valence-corrected chi connectivity index (χ4v) is 1.43. The van der Waals surface area contributed by atoms with Crippen LogP contribution >= 0.6 is 0 Å². The number of aliphatic carboxylic acids is 1. The van der Waals surface area contributed by atoms with Gasteiger partial charge in [0.05, 0.1) is 12.6 Å². The first-order valence-corrected chi connectivity index (χ1v) is 5.44. The molecule has 1 heterocycles. The number of carboxylic acid groups (broad SMARTS) is 1. The Kier molecular flexibility index (Phi) is 5.21. The molecule has 3 N–H and O–H groups in total. The maximum atomic E-state index is 11.3. The predicted octanol–water partition coefficient (Wildman–Crippen LogP) is -0.656.